The molecule has 2 N–H and O–H groups in total. The monoisotopic (exact) mass is 372 g/mol. The Kier molecular flexibility index (Phi) is 5.06. The Bertz CT molecular complexity index is 961. The molecule has 1 aromatic heterocycles. The Morgan fingerprint density at radius 3 is 2.64 bits per heavy atom. The van der Waals surface area contributed by atoms with Crippen molar-refractivity contribution in [2.45, 2.75) is 20.3 Å². The molecule has 4 nitrogen and oxygen atoms in total. The number of carbonyl (C=O) groups excluding carboxylic acids is 1. The summed E-state index contributed by atoms with van der Waals surface area (Å²) < 4.78 is 0.980. The van der Waals surface area contributed by atoms with Crippen molar-refractivity contribution in [3.8, 4) is 5.75 Å². The number of thiophene rings is 1. The molecule has 0 fully saturated rings. The molecule has 0 unspecified atom stereocenters. The first-order valence-electron chi connectivity index (χ1n) is 7.84. The van der Waals surface area contributed by atoms with Crippen LogP contribution in [0.2, 0.25) is 5.02 Å². The van der Waals surface area contributed by atoms with Crippen LogP contribution < -0.4 is 5.43 Å². The van der Waals surface area contributed by atoms with Crippen LogP contribution in [-0.4, -0.2) is 16.7 Å². The number of phenols is 1. The zero-order valence-corrected chi connectivity index (χ0v) is 15.4. The maximum absolute atomic E-state index is 12.5. The van der Waals surface area contributed by atoms with Crippen LogP contribution in [0.1, 0.15) is 34.1 Å². The van der Waals surface area contributed by atoms with Crippen LogP contribution in [0, 0.1) is 6.92 Å². The smallest absolute Gasteiger partial charge is 0.283 e. The molecule has 25 heavy (non-hydrogen) atoms. The molecule has 0 saturated carbocycles. The number of halogens is 1. The molecule has 128 valence electrons. The van der Waals surface area contributed by atoms with Gasteiger partial charge in [-0.3, -0.25) is 4.79 Å². The molecule has 1 heterocycles. The third-order valence-electron chi connectivity index (χ3n) is 3.82. The molecule has 0 aliphatic heterocycles. The van der Waals surface area contributed by atoms with E-state index in [9.17, 15) is 9.90 Å². The van der Waals surface area contributed by atoms with Crippen LogP contribution >= 0.6 is 22.9 Å². The molecule has 0 radical (unpaired) electrons. The highest BCUT2D eigenvalue weighted by atomic mass is 35.5. The molecule has 1 amide bonds. The Hall–Kier alpha value is -2.37. The molecule has 3 rings (SSSR count). The van der Waals surface area contributed by atoms with Gasteiger partial charge in [0.1, 0.15) is 10.6 Å². The summed E-state index contributed by atoms with van der Waals surface area (Å²) in [7, 11) is 0. The molecule has 0 saturated heterocycles. The van der Waals surface area contributed by atoms with E-state index in [0.29, 0.717) is 16.3 Å². The van der Waals surface area contributed by atoms with Crippen molar-refractivity contribution in [1.82, 2.24) is 5.43 Å². The number of hydrogen-bond acceptors (Lipinski definition) is 4. The second-order valence-electron chi connectivity index (χ2n) is 5.64. The first kappa shape index (κ1) is 17.5. The maximum atomic E-state index is 12.5. The summed E-state index contributed by atoms with van der Waals surface area (Å²) in [6.07, 6.45) is 0.643. The average Bonchev–Trinajstić information content (AvgIpc) is 2.92. The van der Waals surface area contributed by atoms with Gasteiger partial charge in [0.2, 0.25) is 0 Å². The number of aromatic hydroxyl groups is 1. The lowest BCUT2D eigenvalue weighted by Gasteiger charge is -2.05. The predicted molar refractivity (Wildman–Crippen MR) is 104 cm³/mol. The van der Waals surface area contributed by atoms with Crippen LogP contribution in [0.5, 0.6) is 5.75 Å². The zero-order valence-electron chi connectivity index (χ0n) is 13.8. The van der Waals surface area contributed by atoms with Crippen molar-refractivity contribution in [2.75, 3.05) is 0 Å². The van der Waals surface area contributed by atoms with Gasteiger partial charge in [0, 0.05) is 10.1 Å². The topological polar surface area (TPSA) is 61.7 Å². The fraction of sp³-hybridized carbons (Fsp3) is 0.158. The number of nitrogens with one attached hydrogen (secondary N) is 1. The molecule has 0 aliphatic carbocycles. The number of fused-ring (bicyclic) bond motifs is 1. The molecule has 2 aromatic carbocycles. The minimum atomic E-state index is -0.325. The summed E-state index contributed by atoms with van der Waals surface area (Å²) in [5.74, 6) is -0.135. The molecule has 0 atom stereocenters. The zero-order chi connectivity index (χ0) is 18.0. The third-order valence-corrected chi connectivity index (χ3v) is 5.47. The van der Waals surface area contributed by atoms with E-state index in [1.807, 2.05) is 32.0 Å². The molecule has 3 aromatic rings. The Morgan fingerprint density at radius 1 is 1.24 bits per heavy atom. The second kappa shape index (κ2) is 7.25. The average molecular weight is 373 g/mol. The molecule has 6 heteroatoms. The predicted octanol–water partition coefficient (Wildman–Crippen LogP) is 5.11. The van der Waals surface area contributed by atoms with Gasteiger partial charge < -0.3 is 5.11 Å². The first-order chi connectivity index (χ1) is 12.0. The minimum absolute atomic E-state index is 0.190. The lowest BCUT2D eigenvalue weighted by Crippen LogP contribution is -2.19. The minimum Gasteiger partial charge on any atom is -0.508 e. The van der Waals surface area contributed by atoms with Gasteiger partial charge in [-0.15, -0.1) is 11.3 Å². The highest BCUT2D eigenvalue weighted by molar-refractivity contribution is 7.21. The van der Waals surface area contributed by atoms with Gasteiger partial charge in [-0.1, -0.05) is 30.7 Å². The Labute approximate surface area is 154 Å². The molecular weight excluding hydrogens is 356 g/mol. The summed E-state index contributed by atoms with van der Waals surface area (Å²) in [5, 5.41) is 14.9. The van der Waals surface area contributed by atoms with Crippen molar-refractivity contribution in [1.29, 1.82) is 0 Å². The van der Waals surface area contributed by atoms with Crippen LogP contribution in [-0.2, 0) is 0 Å². The lowest BCUT2D eigenvalue weighted by atomic mass is 10.1. The van der Waals surface area contributed by atoms with Crippen molar-refractivity contribution >= 4 is 44.6 Å². The Balaban J connectivity index is 1.86. The van der Waals surface area contributed by atoms with Crippen molar-refractivity contribution in [3.63, 3.8) is 0 Å². The van der Waals surface area contributed by atoms with Gasteiger partial charge in [0.15, 0.2) is 0 Å². The molecule has 0 spiro atoms. The molecule has 0 aliphatic rings. The van der Waals surface area contributed by atoms with Crippen molar-refractivity contribution < 1.29 is 9.90 Å². The number of hydrogen-bond donors (Lipinski definition) is 2. The highest BCUT2D eigenvalue weighted by Crippen LogP contribution is 2.35. The van der Waals surface area contributed by atoms with Gasteiger partial charge in [-0.05, 0) is 54.8 Å². The summed E-state index contributed by atoms with van der Waals surface area (Å²) in [6.45, 7) is 3.95. The van der Waals surface area contributed by atoms with E-state index in [4.69, 9.17) is 11.6 Å². The van der Waals surface area contributed by atoms with Crippen LogP contribution in [0.3, 0.4) is 0 Å². The van der Waals surface area contributed by atoms with E-state index in [1.165, 1.54) is 11.3 Å². The van der Waals surface area contributed by atoms with Crippen LogP contribution in [0.4, 0.5) is 0 Å². The number of benzene rings is 2. The van der Waals surface area contributed by atoms with Gasteiger partial charge in [0.25, 0.3) is 5.91 Å². The van der Waals surface area contributed by atoms with E-state index < -0.39 is 0 Å². The quantitative estimate of drug-likeness (QED) is 0.493. The van der Waals surface area contributed by atoms with E-state index in [2.05, 4.69) is 10.5 Å². The largest absolute Gasteiger partial charge is 0.508 e. The van der Waals surface area contributed by atoms with Crippen LogP contribution in [0.15, 0.2) is 47.6 Å². The van der Waals surface area contributed by atoms with Crippen LogP contribution in [0.25, 0.3) is 10.1 Å². The van der Waals surface area contributed by atoms with E-state index in [-0.39, 0.29) is 11.7 Å². The first-order valence-corrected chi connectivity index (χ1v) is 9.04. The number of nitrogens with zero attached hydrogens (tertiary/aromatic N) is 1. The summed E-state index contributed by atoms with van der Waals surface area (Å²) in [5.41, 5.74) is 5.28. The normalized spacial score (nSPS) is 11.7. The second-order valence-corrected chi connectivity index (χ2v) is 7.07. The van der Waals surface area contributed by atoms with Gasteiger partial charge in [0.05, 0.1) is 10.7 Å². The number of amides is 1. The maximum Gasteiger partial charge on any atom is 0.283 e. The standard InChI is InChI=1S/C19H17ClN2O2S/c1-3-15(12-5-7-13(23)8-6-12)21-22-19(24)18-17(20)14-9-4-11(2)10-16(14)25-18/h4-10,23H,3H2,1-2H3,(H,22,24)/b21-15+. The van der Waals surface area contributed by atoms with E-state index >= 15 is 0 Å². The number of aryl methyl sites for hydroxylation is 1. The van der Waals surface area contributed by atoms with E-state index in [0.717, 1.165) is 26.9 Å². The van der Waals surface area contributed by atoms with Crippen molar-refractivity contribution in [3.05, 3.63) is 63.5 Å². The summed E-state index contributed by atoms with van der Waals surface area (Å²) in [6, 6.07) is 12.6. The fourth-order valence-electron chi connectivity index (χ4n) is 2.49. The Morgan fingerprint density at radius 2 is 1.96 bits per heavy atom. The van der Waals surface area contributed by atoms with Gasteiger partial charge >= 0.3 is 0 Å². The number of hydrazone groups is 1. The number of carbonyl (C=O) groups is 1. The molecule has 0 bridgehead atoms. The van der Waals surface area contributed by atoms with Crippen molar-refractivity contribution in [2.24, 2.45) is 5.10 Å². The lowest BCUT2D eigenvalue weighted by molar-refractivity contribution is 0.0959. The highest BCUT2D eigenvalue weighted by Gasteiger charge is 2.17. The summed E-state index contributed by atoms with van der Waals surface area (Å²) >= 11 is 7.72. The summed E-state index contributed by atoms with van der Waals surface area (Å²) in [4.78, 5) is 12.9. The number of rotatable bonds is 4. The molecular formula is C19H17ClN2O2S. The fourth-order valence-corrected chi connectivity index (χ4v) is 3.99. The third kappa shape index (κ3) is 3.67. The van der Waals surface area contributed by atoms with E-state index in [1.54, 1.807) is 24.3 Å². The number of phenolic OH excluding ortho intramolecular Hbond substituents is 1. The SMILES string of the molecule is CC/C(=N\NC(=O)c1sc2cc(C)ccc2c1Cl)c1ccc(O)cc1. The van der Waals surface area contributed by atoms with Gasteiger partial charge in [-0.25, -0.2) is 5.43 Å². The van der Waals surface area contributed by atoms with Gasteiger partial charge in [-0.2, -0.15) is 5.10 Å².